The highest BCUT2D eigenvalue weighted by Crippen LogP contribution is 2.27. The predicted octanol–water partition coefficient (Wildman–Crippen LogP) is 2.68. The van der Waals surface area contributed by atoms with E-state index in [-0.39, 0.29) is 25.1 Å². The molecule has 2 rings (SSSR count). The van der Waals surface area contributed by atoms with E-state index in [9.17, 15) is 4.39 Å². The number of nitrogens with one attached hydrogen (secondary N) is 1. The van der Waals surface area contributed by atoms with Gasteiger partial charge in [-0.1, -0.05) is 29.8 Å². The van der Waals surface area contributed by atoms with Gasteiger partial charge in [-0.05, 0) is 11.6 Å². The molecule has 1 fully saturated rings. The Kier molecular flexibility index (Phi) is 6.20. The summed E-state index contributed by atoms with van der Waals surface area (Å²) in [6.45, 7) is 3.20. The summed E-state index contributed by atoms with van der Waals surface area (Å²) in [7, 11) is 0. The quantitative estimate of drug-likeness (QED) is 0.915. The topological polar surface area (TPSA) is 15.3 Å². The molecule has 1 saturated heterocycles. The number of rotatable bonds is 3. The highest BCUT2D eigenvalue weighted by Gasteiger charge is 2.23. The van der Waals surface area contributed by atoms with Gasteiger partial charge in [-0.25, -0.2) is 4.39 Å². The highest BCUT2D eigenvalue weighted by molar-refractivity contribution is 6.31. The molecule has 5 heteroatoms. The van der Waals surface area contributed by atoms with Gasteiger partial charge in [0.15, 0.2) is 0 Å². The van der Waals surface area contributed by atoms with Crippen molar-refractivity contribution in [2.45, 2.75) is 6.04 Å². The molecule has 0 bridgehead atoms. The van der Waals surface area contributed by atoms with E-state index in [4.69, 9.17) is 11.6 Å². The van der Waals surface area contributed by atoms with E-state index >= 15 is 0 Å². The van der Waals surface area contributed by atoms with Crippen LogP contribution in [0.15, 0.2) is 24.3 Å². The molecule has 1 aliphatic heterocycles. The lowest BCUT2D eigenvalue weighted by molar-refractivity contribution is 0.147. The van der Waals surface area contributed by atoms with Crippen LogP contribution < -0.4 is 5.32 Å². The van der Waals surface area contributed by atoms with E-state index in [0.717, 1.165) is 31.7 Å². The second-order valence-corrected chi connectivity index (χ2v) is 4.38. The molecule has 0 radical (unpaired) electrons. The van der Waals surface area contributed by atoms with Crippen molar-refractivity contribution in [1.82, 2.24) is 10.2 Å². The van der Waals surface area contributed by atoms with Crippen LogP contribution in [-0.4, -0.2) is 37.8 Å². The van der Waals surface area contributed by atoms with Gasteiger partial charge in [0.25, 0.3) is 0 Å². The van der Waals surface area contributed by atoms with Crippen LogP contribution in [0.4, 0.5) is 4.39 Å². The Hall–Kier alpha value is -0.350. The molecule has 1 aromatic carbocycles. The van der Waals surface area contributed by atoms with E-state index in [0.29, 0.717) is 5.02 Å². The number of alkyl halides is 1. The zero-order valence-electron chi connectivity index (χ0n) is 9.53. The number of halogens is 3. The van der Waals surface area contributed by atoms with E-state index in [1.54, 1.807) is 0 Å². The van der Waals surface area contributed by atoms with Crippen LogP contribution >= 0.6 is 24.0 Å². The molecule has 1 N–H and O–H groups in total. The molecule has 0 spiro atoms. The molecule has 17 heavy (non-hydrogen) atoms. The fraction of sp³-hybridized carbons (Fsp3) is 0.500. The third-order valence-corrected chi connectivity index (χ3v) is 3.35. The average Bonchev–Trinajstić information content (AvgIpc) is 2.34. The Balaban J connectivity index is 0.00000144. The van der Waals surface area contributed by atoms with Gasteiger partial charge < -0.3 is 5.32 Å². The van der Waals surface area contributed by atoms with Crippen LogP contribution in [0.1, 0.15) is 11.6 Å². The molecular formula is C12H17Cl2FN2. The van der Waals surface area contributed by atoms with Gasteiger partial charge in [0.1, 0.15) is 6.67 Å². The van der Waals surface area contributed by atoms with Gasteiger partial charge in [-0.15, -0.1) is 12.4 Å². The van der Waals surface area contributed by atoms with E-state index in [1.165, 1.54) is 0 Å². The third kappa shape index (κ3) is 3.55. The Labute approximate surface area is 113 Å². The smallest absolute Gasteiger partial charge is 0.109 e. The predicted molar refractivity (Wildman–Crippen MR) is 71.9 cm³/mol. The first-order chi connectivity index (χ1) is 7.83. The van der Waals surface area contributed by atoms with E-state index < -0.39 is 0 Å². The summed E-state index contributed by atoms with van der Waals surface area (Å²) in [5, 5.41) is 3.92. The molecule has 96 valence electrons. The van der Waals surface area contributed by atoms with Crippen LogP contribution in [0.3, 0.4) is 0 Å². The highest BCUT2D eigenvalue weighted by atomic mass is 35.5. The molecule has 2 nitrogen and oxygen atoms in total. The van der Waals surface area contributed by atoms with Crippen molar-refractivity contribution in [3.05, 3.63) is 34.9 Å². The van der Waals surface area contributed by atoms with Crippen LogP contribution in [0.2, 0.25) is 5.02 Å². The van der Waals surface area contributed by atoms with Crippen LogP contribution in [0.5, 0.6) is 0 Å². The van der Waals surface area contributed by atoms with Crippen molar-refractivity contribution < 1.29 is 4.39 Å². The summed E-state index contributed by atoms with van der Waals surface area (Å²) >= 11 is 6.11. The van der Waals surface area contributed by atoms with Crippen molar-refractivity contribution in [1.29, 1.82) is 0 Å². The Morgan fingerprint density at radius 3 is 2.53 bits per heavy atom. The van der Waals surface area contributed by atoms with Gasteiger partial charge in [-0.3, -0.25) is 4.90 Å². The largest absolute Gasteiger partial charge is 0.314 e. The molecule has 1 atom stereocenters. The Bertz CT molecular complexity index is 343. The molecule has 1 aromatic rings. The number of piperazine rings is 1. The summed E-state index contributed by atoms with van der Waals surface area (Å²) in [6, 6.07) is 7.32. The first-order valence-electron chi connectivity index (χ1n) is 5.58. The standard InChI is InChI=1S/C12H16ClFN2.ClH/c13-11-4-2-1-3-10(11)12(9-14)16-7-5-15-6-8-16;/h1-4,12,15H,5-9H2;1H/t12-;/m0./s1. The van der Waals surface area contributed by atoms with Crippen molar-refractivity contribution in [3.8, 4) is 0 Å². The summed E-state index contributed by atoms with van der Waals surface area (Å²) in [5.41, 5.74) is 0.897. The lowest BCUT2D eigenvalue weighted by Gasteiger charge is -2.34. The summed E-state index contributed by atoms with van der Waals surface area (Å²) in [6.07, 6.45) is 0. The van der Waals surface area contributed by atoms with Gasteiger partial charge in [0, 0.05) is 31.2 Å². The molecule has 0 amide bonds. The first kappa shape index (κ1) is 14.7. The molecule has 0 aliphatic carbocycles. The molecule has 1 aliphatic rings. The molecule has 0 unspecified atom stereocenters. The summed E-state index contributed by atoms with van der Waals surface area (Å²) in [4.78, 5) is 2.15. The van der Waals surface area contributed by atoms with Crippen molar-refractivity contribution in [3.63, 3.8) is 0 Å². The molecule has 0 aromatic heterocycles. The lowest BCUT2D eigenvalue weighted by atomic mass is 10.1. The average molecular weight is 279 g/mol. The monoisotopic (exact) mass is 278 g/mol. The minimum Gasteiger partial charge on any atom is -0.314 e. The number of benzene rings is 1. The maximum atomic E-state index is 13.2. The normalized spacial score (nSPS) is 18.5. The van der Waals surface area contributed by atoms with E-state index in [1.807, 2.05) is 24.3 Å². The fourth-order valence-corrected chi connectivity index (χ4v) is 2.38. The van der Waals surface area contributed by atoms with Crippen LogP contribution in [-0.2, 0) is 0 Å². The van der Waals surface area contributed by atoms with Crippen LogP contribution in [0.25, 0.3) is 0 Å². The number of hydrogen-bond donors (Lipinski definition) is 1. The van der Waals surface area contributed by atoms with Crippen molar-refractivity contribution >= 4 is 24.0 Å². The van der Waals surface area contributed by atoms with Gasteiger partial charge in [0.05, 0.1) is 6.04 Å². The minimum absolute atomic E-state index is 0. The maximum absolute atomic E-state index is 13.2. The maximum Gasteiger partial charge on any atom is 0.109 e. The van der Waals surface area contributed by atoms with E-state index in [2.05, 4.69) is 10.2 Å². The zero-order chi connectivity index (χ0) is 11.4. The summed E-state index contributed by atoms with van der Waals surface area (Å²) < 4.78 is 13.2. The van der Waals surface area contributed by atoms with Gasteiger partial charge in [0.2, 0.25) is 0 Å². The van der Waals surface area contributed by atoms with Crippen LogP contribution in [0, 0.1) is 0 Å². The fourth-order valence-electron chi connectivity index (χ4n) is 2.12. The van der Waals surface area contributed by atoms with Crippen molar-refractivity contribution in [2.75, 3.05) is 32.9 Å². The van der Waals surface area contributed by atoms with Gasteiger partial charge in [-0.2, -0.15) is 0 Å². The second kappa shape index (κ2) is 7.17. The Morgan fingerprint density at radius 2 is 1.94 bits per heavy atom. The second-order valence-electron chi connectivity index (χ2n) is 3.98. The SMILES string of the molecule is Cl.FC[C@@H](c1ccccc1Cl)N1CCNCC1. The zero-order valence-corrected chi connectivity index (χ0v) is 11.1. The molecular weight excluding hydrogens is 262 g/mol. The van der Waals surface area contributed by atoms with Crippen molar-refractivity contribution in [2.24, 2.45) is 0 Å². The third-order valence-electron chi connectivity index (χ3n) is 3.00. The molecule has 1 heterocycles. The lowest BCUT2D eigenvalue weighted by Crippen LogP contribution is -2.45. The van der Waals surface area contributed by atoms with Gasteiger partial charge >= 0.3 is 0 Å². The first-order valence-corrected chi connectivity index (χ1v) is 5.96. The number of hydrogen-bond acceptors (Lipinski definition) is 2. The Morgan fingerprint density at radius 1 is 1.29 bits per heavy atom. The minimum atomic E-state index is -0.385. The summed E-state index contributed by atoms with van der Waals surface area (Å²) in [5.74, 6) is 0. The molecule has 0 saturated carbocycles. The number of nitrogens with zero attached hydrogens (tertiary/aromatic N) is 1.